The van der Waals surface area contributed by atoms with Crippen LogP contribution in [0.15, 0.2) is 0 Å². The topological polar surface area (TPSA) is 83.5 Å². The first-order chi connectivity index (χ1) is 13.8. The third-order valence-corrected chi connectivity index (χ3v) is 8.11. The van der Waals surface area contributed by atoms with Crippen LogP contribution in [0.1, 0.15) is 74.4 Å². The summed E-state index contributed by atoms with van der Waals surface area (Å²) in [6.07, 6.45) is 10.2. The summed E-state index contributed by atoms with van der Waals surface area (Å²) in [6.45, 7) is 3.81. The molecule has 1 aliphatic carbocycles. The van der Waals surface area contributed by atoms with Crippen LogP contribution in [-0.4, -0.2) is 54.5 Å². The molecule has 1 saturated heterocycles. The smallest absolute Gasteiger partial charge is 0.228 e. The van der Waals surface area contributed by atoms with Gasteiger partial charge in [-0.25, -0.2) is 22.7 Å². The van der Waals surface area contributed by atoms with Crippen molar-refractivity contribution in [3.63, 3.8) is 0 Å². The second-order valence-electron chi connectivity index (χ2n) is 8.91. The number of hydrogen-bond acceptors (Lipinski definition) is 5. The van der Waals surface area contributed by atoms with E-state index in [2.05, 4.69) is 0 Å². The Balaban J connectivity index is 1.57. The number of piperidine rings is 1. The highest BCUT2D eigenvalue weighted by Gasteiger charge is 2.33. The molecular weight excluding hydrogens is 388 g/mol. The van der Waals surface area contributed by atoms with E-state index < -0.39 is 10.0 Å². The molecule has 0 aromatic carbocycles. The molecule has 0 atom stereocenters. The Bertz CT molecular complexity index is 872. The molecule has 160 valence electrons. The first-order valence-corrected chi connectivity index (χ1v) is 12.8. The van der Waals surface area contributed by atoms with Crippen LogP contribution in [0.25, 0.3) is 0 Å². The SMILES string of the molecule is Cc1nc(C2CCN(S(C)(=O)=O)CC2)nc2c1CCC(=O)N2CC1CCCCC1. The summed E-state index contributed by atoms with van der Waals surface area (Å²) in [5.41, 5.74) is 2.08. The van der Waals surface area contributed by atoms with Crippen LogP contribution in [0, 0.1) is 12.8 Å². The molecular formula is C21H32N4O3S. The van der Waals surface area contributed by atoms with E-state index in [1.54, 1.807) is 0 Å². The Labute approximate surface area is 173 Å². The van der Waals surface area contributed by atoms with E-state index in [1.807, 2.05) is 11.8 Å². The maximum Gasteiger partial charge on any atom is 0.228 e. The Morgan fingerprint density at radius 2 is 1.69 bits per heavy atom. The molecule has 2 fully saturated rings. The standard InChI is InChI=1S/C21H32N4O3S/c1-15-18-8-9-19(26)25(14-16-6-4-3-5-7-16)21(18)23-20(22-15)17-10-12-24(13-11-17)29(2,27)28/h16-17H,3-14H2,1-2H3. The van der Waals surface area contributed by atoms with Crippen molar-refractivity contribution < 1.29 is 13.2 Å². The quantitative estimate of drug-likeness (QED) is 0.748. The van der Waals surface area contributed by atoms with Gasteiger partial charge in [-0.2, -0.15) is 0 Å². The summed E-state index contributed by atoms with van der Waals surface area (Å²) < 4.78 is 25.1. The zero-order valence-corrected chi connectivity index (χ0v) is 18.4. The maximum absolute atomic E-state index is 12.8. The summed E-state index contributed by atoms with van der Waals surface area (Å²) in [5.74, 6) is 2.48. The summed E-state index contributed by atoms with van der Waals surface area (Å²) in [5, 5.41) is 0. The van der Waals surface area contributed by atoms with Crippen LogP contribution < -0.4 is 4.90 Å². The van der Waals surface area contributed by atoms with Gasteiger partial charge in [-0.05, 0) is 44.9 Å². The maximum atomic E-state index is 12.8. The third kappa shape index (κ3) is 4.48. The molecule has 7 nitrogen and oxygen atoms in total. The monoisotopic (exact) mass is 420 g/mol. The van der Waals surface area contributed by atoms with E-state index >= 15 is 0 Å². The van der Waals surface area contributed by atoms with Gasteiger partial charge in [0.25, 0.3) is 0 Å². The number of nitrogens with zero attached hydrogens (tertiary/aromatic N) is 4. The number of anilines is 1. The number of carbonyl (C=O) groups is 1. The van der Waals surface area contributed by atoms with Crippen molar-refractivity contribution in [3.05, 3.63) is 17.1 Å². The second kappa shape index (κ2) is 8.30. The van der Waals surface area contributed by atoms with E-state index in [1.165, 1.54) is 42.7 Å². The van der Waals surface area contributed by atoms with Gasteiger partial charge in [0.05, 0.1) is 6.26 Å². The number of amides is 1. The zero-order valence-electron chi connectivity index (χ0n) is 17.6. The van der Waals surface area contributed by atoms with Gasteiger partial charge in [0, 0.05) is 43.2 Å². The molecule has 1 aromatic rings. The van der Waals surface area contributed by atoms with E-state index in [0.29, 0.717) is 31.8 Å². The number of carbonyl (C=O) groups excluding carboxylic acids is 1. The van der Waals surface area contributed by atoms with Gasteiger partial charge >= 0.3 is 0 Å². The number of aryl methyl sites for hydroxylation is 1. The van der Waals surface area contributed by atoms with Crippen LogP contribution in [-0.2, 0) is 21.2 Å². The summed E-state index contributed by atoms with van der Waals surface area (Å²) in [4.78, 5) is 24.4. The lowest BCUT2D eigenvalue weighted by atomic mass is 9.88. The molecule has 1 aromatic heterocycles. The lowest BCUT2D eigenvalue weighted by Crippen LogP contribution is -2.41. The number of rotatable bonds is 4. The van der Waals surface area contributed by atoms with Crippen molar-refractivity contribution >= 4 is 21.7 Å². The highest BCUT2D eigenvalue weighted by Crippen LogP contribution is 2.34. The van der Waals surface area contributed by atoms with Crippen LogP contribution in [0.5, 0.6) is 0 Å². The minimum Gasteiger partial charge on any atom is -0.296 e. The molecule has 0 bridgehead atoms. The van der Waals surface area contributed by atoms with Crippen LogP contribution in [0.2, 0.25) is 0 Å². The zero-order chi connectivity index (χ0) is 20.6. The van der Waals surface area contributed by atoms with Crippen molar-refractivity contribution in [2.24, 2.45) is 5.92 Å². The van der Waals surface area contributed by atoms with E-state index in [4.69, 9.17) is 9.97 Å². The van der Waals surface area contributed by atoms with Crippen molar-refractivity contribution in [1.82, 2.24) is 14.3 Å². The average molecular weight is 421 g/mol. The fourth-order valence-corrected chi connectivity index (χ4v) is 5.92. The highest BCUT2D eigenvalue weighted by atomic mass is 32.2. The van der Waals surface area contributed by atoms with Crippen molar-refractivity contribution in [2.45, 2.75) is 70.6 Å². The Morgan fingerprint density at radius 1 is 1.00 bits per heavy atom. The van der Waals surface area contributed by atoms with Gasteiger partial charge in [0.2, 0.25) is 15.9 Å². The Kier molecular flexibility index (Phi) is 5.93. The molecule has 29 heavy (non-hydrogen) atoms. The molecule has 2 aliphatic heterocycles. The van der Waals surface area contributed by atoms with Crippen molar-refractivity contribution in [1.29, 1.82) is 0 Å². The number of fused-ring (bicyclic) bond motifs is 1. The van der Waals surface area contributed by atoms with Gasteiger partial charge in [0.1, 0.15) is 11.6 Å². The molecule has 0 radical (unpaired) electrons. The molecule has 4 rings (SSSR count). The van der Waals surface area contributed by atoms with E-state index in [0.717, 1.165) is 42.3 Å². The summed E-state index contributed by atoms with van der Waals surface area (Å²) in [6, 6.07) is 0. The van der Waals surface area contributed by atoms with Gasteiger partial charge in [-0.1, -0.05) is 19.3 Å². The first kappa shape index (κ1) is 20.7. The van der Waals surface area contributed by atoms with Gasteiger partial charge < -0.3 is 0 Å². The van der Waals surface area contributed by atoms with Gasteiger partial charge in [-0.3, -0.25) is 9.69 Å². The van der Waals surface area contributed by atoms with Crippen molar-refractivity contribution in [2.75, 3.05) is 30.8 Å². The molecule has 3 aliphatic rings. The van der Waals surface area contributed by atoms with E-state index in [9.17, 15) is 13.2 Å². The molecule has 1 saturated carbocycles. The molecule has 1 amide bonds. The number of sulfonamides is 1. The van der Waals surface area contributed by atoms with E-state index in [-0.39, 0.29) is 11.8 Å². The number of hydrogen-bond donors (Lipinski definition) is 0. The average Bonchev–Trinajstić information content (AvgIpc) is 2.70. The molecule has 8 heteroatoms. The van der Waals surface area contributed by atoms with Crippen LogP contribution >= 0.6 is 0 Å². The highest BCUT2D eigenvalue weighted by molar-refractivity contribution is 7.88. The molecule has 0 spiro atoms. The molecule has 0 unspecified atom stereocenters. The fourth-order valence-electron chi connectivity index (χ4n) is 5.05. The third-order valence-electron chi connectivity index (χ3n) is 6.81. The Hall–Kier alpha value is -1.54. The van der Waals surface area contributed by atoms with Crippen molar-refractivity contribution in [3.8, 4) is 0 Å². The lowest BCUT2D eigenvalue weighted by molar-refractivity contribution is -0.119. The second-order valence-corrected chi connectivity index (χ2v) is 10.9. The minimum absolute atomic E-state index is 0.144. The predicted octanol–water partition coefficient (Wildman–Crippen LogP) is 2.78. The Morgan fingerprint density at radius 3 is 2.34 bits per heavy atom. The normalized spacial score (nSPS) is 22.7. The van der Waals surface area contributed by atoms with Crippen LogP contribution in [0.3, 0.4) is 0 Å². The van der Waals surface area contributed by atoms with Gasteiger partial charge in [-0.15, -0.1) is 0 Å². The predicted molar refractivity (Wildman–Crippen MR) is 112 cm³/mol. The molecule has 0 N–H and O–H groups in total. The molecule has 3 heterocycles. The fraction of sp³-hybridized carbons (Fsp3) is 0.762. The van der Waals surface area contributed by atoms with Crippen LogP contribution in [0.4, 0.5) is 5.82 Å². The summed E-state index contributed by atoms with van der Waals surface area (Å²) in [7, 11) is -3.15. The largest absolute Gasteiger partial charge is 0.296 e. The van der Waals surface area contributed by atoms with Gasteiger partial charge in [0.15, 0.2) is 0 Å². The lowest BCUT2D eigenvalue weighted by Gasteiger charge is -2.34. The first-order valence-electron chi connectivity index (χ1n) is 11.0. The summed E-state index contributed by atoms with van der Waals surface area (Å²) >= 11 is 0. The number of aromatic nitrogens is 2. The minimum atomic E-state index is -3.15.